The molecule has 0 aliphatic heterocycles. The number of thiophene rings is 1. The van der Waals surface area contributed by atoms with E-state index in [0.717, 1.165) is 23.5 Å². The molecule has 0 radical (unpaired) electrons. The maximum atomic E-state index is 13.1. The predicted octanol–water partition coefficient (Wildman–Crippen LogP) is 3.33. The summed E-state index contributed by atoms with van der Waals surface area (Å²) < 4.78 is 42.0. The van der Waals surface area contributed by atoms with Crippen molar-refractivity contribution in [3.05, 3.63) is 50.0 Å². The summed E-state index contributed by atoms with van der Waals surface area (Å²) in [5.74, 6) is -1.51. The second-order valence-electron chi connectivity index (χ2n) is 3.47. The monoisotopic (exact) mass is 381 g/mol. The second kappa shape index (κ2) is 5.46. The lowest BCUT2D eigenvalue weighted by Gasteiger charge is -2.05. The zero-order valence-electron chi connectivity index (χ0n) is 9.45. The Bertz CT molecular complexity index is 774. The molecule has 20 heavy (non-hydrogen) atoms. The normalized spacial score (nSPS) is 11.3. The standard InChI is InChI=1S/C10H5BrFNO5S2/c11-9-3-4-10(19-9)20(16,17)18-8-5-6(12)1-2-7(8)13(14)15/h1-5H. The second-order valence-corrected chi connectivity index (χ2v) is 7.70. The minimum atomic E-state index is -4.25. The number of nitro benzene ring substituents is 1. The van der Waals surface area contributed by atoms with Crippen LogP contribution in [-0.4, -0.2) is 13.3 Å². The Hall–Kier alpha value is -1.52. The third-order valence-electron chi connectivity index (χ3n) is 2.11. The average Bonchev–Trinajstić information content (AvgIpc) is 2.75. The van der Waals surface area contributed by atoms with Crippen LogP contribution in [0.15, 0.2) is 38.3 Å². The molecule has 10 heteroatoms. The van der Waals surface area contributed by atoms with Crippen LogP contribution in [0.1, 0.15) is 0 Å². The molecule has 0 saturated carbocycles. The van der Waals surface area contributed by atoms with Crippen LogP contribution in [0.3, 0.4) is 0 Å². The Balaban J connectivity index is 2.44. The molecular formula is C10H5BrFNO5S2. The third-order valence-corrected chi connectivity index (χ3v) is 5.42. The first-order valence-corrected chi connectivity index (χ1v) is 7.95. The summed E-state index contributed by atoms with van der Waals surface area (Å²) >= 11 is 3.96. The zero-order valence-corrected chi connectivity index (χ0v) is 12.7. The fourth-order valence-corrected chi connectivity index (χ4v) is 4.20. The van der Waals surface area contributed by atoms with E-state index in [0.29, 0.717) is 9.85 Å². The highest BCUT2D eigenvalue weighted by Gasteiger charge is 2.25. The molecule has 6 nitrogen and oxygen atoms in total. The summed E-state index contributed by atoms with van der Waals surface area (Å²) in [5.41, 5.74) is -0.634. The Morgan fingerprint density at radius 3 is 2.55 bits per heavy atom. The predicted molar refractivity (Wildman–Crippen MR) is 72.9 cm³/mol. The summed E-state index contributed by atoms with van der Waals surface area (Å²) in [6.07, 6.45) is 0. The summed E-state index contributed by atoms with van der Waals surface area (Å²) in [4.78, 5) is 9.91. The first kappa shape index (κ1) is 14.9. The molecule has 0 atom stereocenters. The number of rotatable bonds is 4. The van der Waals surface area contributed by atoms with Gasteiger partial charge in [0.2, 0.25) is 5.75 Å². The van der Waals surface area contributed by atoms with Gasteiger partial charge in [0.05, 0.1) is 8.71 Å². The molecule has 0 aliphatic carbocycles. The number of benzene rings is 1. The minimum absolute atomic E-state index is 0.150. The molecule has 2 rings (SSSR count). The van der Waals surface area contributed by atoms with Crippen molar-refractivity contribution in [3.63, 3.8) is 0 Å². The minimum Gasteiger partial charge on any atom is -0.371 e. The van der Waals surface area contributed by atoms with E-state index >= 15 is 0 Å². The molecule has 0 saturated heterocycles. The van der Waals surface area contributed by atoms with Gasteiger partial charge in [-0.3, -0.25) is 10.1 Å². The molecule has 2 aromatic rings. The topological polar surface area (TPSA) is 86.5 Å². The lowest BCUT2D eigenvalue weighted by molar-refractivity contribution is -0.385. The van der Waals surface area contributed by atoms with Crippen LogP contribution >= 0.6 is 27.3 Å². The smallest absolute Gasteiger partial charge is 0.349 e. The summed E-state index contributed by atoms with van der Waals surface area (Å²) in [5, 5.41) is 10.8. The SMILES string of the molecule is O=[N+]([O-])c1ccc(F)cc1OS(=O)(=O)c1ccc(Br)s1. The highest BCUT2D eigenvalue weighted by atomic mass is 79.9. The van der Waals surface area contributed by atoms with E-state index in [2.05, 4.69) is 20.1 Å². The molecule has 1 heterocycles. The van der Waals surface area contributed by atoms with Crippen molar-refractivity contribution in [2.24, 2.45) is 0 Å². The lowest BCUT2D eigenvalue weighted by Crippen LogP contribution is -2.09. The van der Waals surface area contributed by atoms with E-state index < -0.39 is 32.3 Å². The fraction of sp³-hybridized carbons (Fsp3) is 0. The molecule has 1 aromatic carbocycles. The lowest BCUT2D eigenvalue weighted by atomic mass is 10.3. The summed E-state index contributed by atoms with van der Waals surface area (Å²) in [7, 11) is -4.25. The van der Waals surface area contributed by atoms with Crippen LogP contribution in [0.2, 0.25) is 0 Å². The van der Waals surface area contributed by atoms with Gasteiger partial charge in [0.25, 0.3) is 0 Å². The molecule has 0 unspecified atom stereocenters. The number of nitro groups is 1. The molecule has 0 spiro atoms. The fourth-order valence-electron chi connectivity index (χ4n) is 1.30. The van der Waals surface area contributed by atoms with E-state index in [1.54, 1.807) is 0 Å². The van der Waals surface area contributed by atoms with Crippen LogP contribution < -0.4 is 4.18 Å². The van der Waals surface area contributed by atoms with Crippen molar-refractivity contribution in [1.29, 1.82) is 0 Å². The van der Waals surface area contributed by atoms with Crippen molar-refractivity contribution in [3.8, 4) is 5.75 Å². The van der Waals surface area contributed by atoms with Crippen LogP contribution in [0.4, 0.5) is 10.1 Å². The quantitative estimate of drug-likeness (QED) is 0.460. The van der Waals surface area contributed by atoms with E-state index in [1.165, 1.54) is 12.1 Å². The van der Waals surface area contributed by atoms with Gasteiger partial charge >= 0.3 is 15.8 Å². The highest BCUT2D eigenvalue weighted by molar-refractivity contribution is 9.11. The molecule has 1 aromatic heterocycles. The highest BCUT2D eigenvalue weighted by Crippen LogP contribution is 2.33. The van der Waals surface area contributed by atoms with Crippen molar-refractivity contribution < 1.29 is 21.9 Å². The van der Waals surface area contributed by atoms with Crippen LogP contribution in [-0.2, 0) is 10.1 Å². The third kappa shape index (κ3) is 3.14. The maximum absolute atomic E-state index is 13.1. The summed E-state index contributed by atoms with van der Waals surface area (Å²) in [6, 6.07) is 5.10. The van der Waals surface area contributed by atoms with Crippen molar-refractivity contribution in [2.75, 3.05) is 0 Å². The van der Waals surface area contributed by atoms with Crippen LogP contribution in [0.25, 0.3) is 0 Å². The van der Waals surface area contributed by atoms with Gasteiger partial charge < -0.3 is 4.18 Å². The number of nitrogens with zero attached hydrogens (tertiary/aromatic N) is 1. The molecular weight excluding hydrogens is 377 g/mol. The van der Waals surface area contributed by atoms with Gasteiger partial charge in [0, 0.05) is 12.1 Å². The van der Waals surface area contributed by atoms with E-state index in [-0.39, 0.29) is 4.21 Å². The van der Waals surface area contributed by atoms with Gasteiger partial charge in [0.1, 0.15) is 5.82 Å². The molecule has 106 valence electrons. The molecule has 0 aliphatic rings. The first-order chi connectivity index (χ1) is 9.29. The van der Waals surface area contributed by atoms with E-state index in [1.807, 2.05) is 0 Å². The van der Waals surface area contributed by atoms with Crippen molar-refractivity contribution in [1.82, 2.24) is 0 Å². The molecule has 0 amide bonds. The Morgan fingerprint density at radius 2 is 2.00 bits per heavy atom. The van der Waals surface area contributed by atoms with E-state index in [9.17, 15) is 22.9 Å². The number of halogens is 2. The Kier molecular flexibility index (Phi) is 4.06. The van der Waals surface area contributed by atoms with Crippen LogP contribution in [0, 0.1) is 15.9 Å². The van der Waals surface area contributed by atoms with E-state index in [4.69, 9.17) is 0 Å². The van der Waals surface area contributed by atoms with Gasteiger partial charge in [-0.05, 0) is 34.1 Å². The average molecular weight is 382 g/mol. The van der Waals surface area contributed by atoms with Gasteiger partial charge in [0.15, 0.2) is 4.21 Å². The van der Waals surface area contributed by atoms with Crippen molar-refractivity contribution in [2.45, 2.75) is 4.21 Å². The Morgan fingerprint density at radius 1 is 1.30 bits per heavy atom. The van der Waals surface area contributed by atoms with Gasteiger partial charge in [-0.25, -0.2) is 4.39 Å². The van der Waals surface area contributed by atoms with Gasteiger partial charge in [-0.1, -0.05) is 0 Å². The van der Waals surface area contributed by atoms with Gasteiger partial charge in [-0.15, -0.1) is 11.3 Å². The molecule has 0 bridgehead atoms. The first-order valence-electron chi connectivity index (χ1n) is 4.93. The largest absolute Gasteiger partial charge is 0.371 e. The van der Waals surface area contributed by atoms with Crippen LogP contribution in [0.5, 0.6) is 5.75 Å². The van der Waals surface area contributed by atoms with Gasteiger partial charge in [-0.2, -0.15) is 8.42 Å². The number of hydrogen-bond donors (Lipinski definition) is 0. The Labute approximate surface area is 125 Å². The molecule has 0 N–H and O–H groups in total. The number of hydrogen-bond acceptors (Lipinski definition) is 6. The summed E-state index contributed by atoms with van der Waals surface area (Å²) in [6.45, 7) is 0. The molecule has 0 fully saturated rings. The zero-order chi connectivity index (χ0) is 14.9. The maximum Gasteiger partial charge on any atom is 0.349 e. The van der Waals surface area contributed by atoms with Crippen molar-refractivity contribution >= 4 is 43.1 Å².